The molecule has 0 radical (unpaired) electrons. The van der Waals surface area contributed by atoms with Crippen LogP contribution in [-0.4, -0.2) is 28.9 Å². The number of aryl methyl sites for hydroxylation is 1. The van der Waals surface area contributed by atoms with Crippen molar-refractivity contribution in [1.82, 2.24) is 9.88 Å². The summed E-state index contributed by atoms with van der Waals surface area (Å²) < 4.78 is 0. The average molecular weight is 345 g/mol. The Morgan fingerprint density at radius 3 is 2.21 bits per heavy atom. The molecule has 3 nitrogen and oxygen atoms in total. The van der Waals surface area contributed by atoms with Crippen LogP contribution in [0.3, 0.4) is 0 Å². The summed E-state index contributed by atoms with van der Waals surface area (Å²) in [5, 5.41) is 1.01. The van der Waals surface area contributed by atoms with Crippen molar-refractivity contribution in [1.29, 1.82) is 0 Å². The molecule has 4 heteroatoms. The maximum atomic E-state index is 13.0. The number of benzene rings is 1. The summed E-state index contributed by atoms with van der Waals surface area (Å²) in [5.41, 5.74) is 2.08. The molecule has 2 rings (SSSR count). The van der Waals surface area contributed by atoms with Crippen LogP contribution < -0.4 is 0 Å². The third kappa shape index (κ3) is 5.17. The number of rotatable bonds is 7. The molecule has 0 unspecified atom stereocenters. The summed E-state index contributed by atoms with van der Waals surface area (Å²) >= 11 is 1.54. The van der Waals surface area contributed by atoms with Crippen molar-refractivity contribution in [3.05, 3.63) is 51.5 Å². The number of hydrogen-bond acceptors (Lipinski definition) is 3. The van der Waals surface area contributed by atoms with E-state index in [9.17, 15) is 4.79 Å². The number of carbonyl (C=O) groups is 1. The number of nitrogens with zero attached hydrogens (tertiary/aromatic N) is 2. The smallest absolute Gasteiger partial charge is 0.265 e. The van der Waals surface area contributed by atoms with Gasteiger partial charge in [0.15, 0.2) is 0 Å². The van der Waals surface area contributed by atoms with E-state index in [0.29, 0.717) is 11.8 Å². The lowest BCUT2D eigenvalue weighted by Crippen LogP contribution is -2.36. The molecule has 1 amide bonds. The molecule has 0 N–H and O–H groups in total. The molecular weight excluding hydrogens is 316 g/mol. The van der Waals surface area contributed by atoms with E-state index in [1.54, 1.807) is 11.3 Å². The van der Waals surface area contributed by atoms with Crippen molar-refractivity contribution in [3.8, 4) is 0 Å². The minimum Gasteiger partial charge on any atom is -0.337 e. The first kappa shape index (κ1) is 18.7. The van der Waals surface area contributed by atoms with Crippen LogP contribution in [0, 0.1) is 18.8 Å². The zero-order valence-corrected chi connectivity index (χ0v) is 16.2. The number of aromatic nitrogens is 1. The first-order valence-electron chi connectivity index (χ1n) is 8.66. The van der Waals surface area contributed by atoms with Crippen LogP contribution in [-0.2, 0) is 6.42 Å². The number of amides is 1. The summed E-state index contributed by atoms with van der Waals surface area (Å²) in [7, 11) is 0. The van der Waals surface area contributed by atoms with Gasteiger partial charge >= 0.3 is 0 Å². The lowest BCUT2D eigenvalue weighted by molar-refractivity contribution is 0.0719. The SMILES string of the molecule is Cc1nc(Cc2ccccc2)sc1C(=O)N(CC(C)C)CC(C)C. The highest BCUT2D eigenvalue weighted by atomic mass is 32.1. The fourth-order valence-electron chi connectivity index (χ4n) is 2.76. The van der Waals surface area contributed by atoms with Gasteiger partial charge in [0.2, 0.25) is 0 Å². The number of carbonyl (C=O) groups excluding carboxylic acids is 1. The lowest BCUT2D eigenvalue weighted by Gasteiger charge is -2.26. The van der Waals surface area contributed by atoms with Gasteiger partial charge in [-0.15, -0.1) is 11.3 Å². The molecule has 0 bridgehead atoms. The number of thiazole rings is 1. The normalized spacial score (nSPS) is 11.3. The van der Waals surface area contributed by atoms with Crippen LogP contribution in [0.15, 0.2) is 30.3 Å². The molecule has 2 aromatic rings. The fourth-order valence-corrected chi connectivity index (χ4v) is 3.83. The van der Waals surface area contributed by atoms with Crippen LogP contribution in [0.25, 0.3) is 0 Å². The average Bonchev–Trinajstić information content (AvgIpc) is 2.86. The maximum absolute atomic E-state index is 13.0. The highest BCUT2D eigenvalue weighted by molar-refractivity contribution is 7.13. The molecule has 130 valence electrons. The second-order valence-corrected chi connectivity index (χ2v) is 8.27. The monoisotopic (exact) mass is 344 g/mol. The third-order valence-corrected chi connectivity index (χ3v) is 4.84. The first-order chi connectivity index (χ1) is 11.4. The van der Waals surface area contributed by atoms with E-state index < -0.39 is 0 Å². The van der Waals surface area contributed by atoms with Gasteiger partial charge in [-0.05, 0) is 24.3 Å². The highest BCUT2D eigenvalue weighted by Crippen LogP contribution is 2.23. The third-order valence-electron chi connectivity index (χ3n) is 3.69. The van der Waals surface area contributed by atoms with Crippen molar-refractivity contribution in [2.24, 2.45) is 11.8 Å². The number of hydrogen-bond donors (Lipinski definition) is 0. The first-order valence-corrected chi connectivity index (χ1v) is 9.48. The van der Waals surface area contributed by atoms with Gasteiger partial charge in [0.25, 0.3) is 5.91 Å². The van der Waals surface area contributed by atoms with Crippen molar-refractivity contribution in [2.45, 2.75) is 41.0 Å². The fraction of sp³-hybridized carbons (Fsp3) is 0.500. The molecule has 0 aliphatic rings. The molecule has 0 saturated heterocycles. The van der Waals surface area contributed by atoms with Crippen molar-refractivity contribution in [3.63, 3.8) is 0 Å². The quantitative estimate of drug-likeness (QED) is 0.723. The second kappa shape index (κ2) is 8.43. The van der Waals surface area contributed by atoms with E-state index >= 15 is 0 Å². The van der Waals surface area contributed by atoms with Gasteiger partial charge in [0.05, 0.1) is 10.7 Å². The van der Waals surface area contributed by atoms with Gasteiger partial charge in [-0.25, -0.2) is 4.98 Å². The molecule has 24 heavy (non-hydrogen) atoms. The summed E-state index contributed by atoms with van der Waals surface area (Å²) in [5.74, 6) is 1.06. The van der Waals surface area contributed by atoms with Gasteiger partial charge in [0.1, 0.15) is 4.88 Å². The van der Waals surface area contributed by atoms with E-state index in [1.165, 1.54) is 5.56 Å². The van der Waals surface area contributed by atoms with Gasteiger partial charge in [-0.2, -0.15) is 0 Å². The lowest BCUT2D eigenvalue weighted by atomic mass is 10.1. The second-order valence-electron chi connectivity index (χ2n) is 7.18. The maximum Gasteiger partial charge on any atom is 0.265 e. The molecule has 0 aliphatic heterocycles. The van der Waals surface area contributed by atoms with Gasteiger partial charge in [-0.3, -0.25) is 4.79 Å². The predicted molar refractivity (Wildman–Crippen MR) is 102 cm³/mol. The zero-order valence-electron chi connectivity index (χ0n) is 15.4. The van der Waals surface area contributed by atoms with Crippen molar-refractivity contribution >= 4 is 17.2 Å². The Kier molecular flexibility index (Phi) is 6.55. The minimum atomic E-state index is 0.131. The molecule has 0 saturated carbocycles. The molecule has 1 aromatic heterocycles. The van der Waals surface area contributed by atoms with Gasteiger partial charge in [-0.1, -0.05) is 58.0 Å². The van der Waals surface area contributed by atoms with E-state index in [0.717, 1.165) is 35.1 Å². The Hall–Kier alpha value is -1.68. The highest BCUT2D eigenvalue weighted by Gasteiger charge is 2.22. The largest absolute Gasteiger partial charge is 0.337 e. The Labute approximate surface area is 149 Å². The zero-order chi connectivity index (χ0) is 17.7. The molecule has 1 heterocycles. The van der Waals surface area contributed by atoms with E-state index in [4.69, 9.17) is 0 Å². The Morgan fingerprint density at radius 1 is 1.08 bits per heavy atom. The summed E-state index contributed by atoms with van der Waals surface area (Å²) in [6.07, 6.45) is 0.786. The van der Waals surface area contributed by atoms with Gasteiger partial charge in [0, 0.05) is 19.5 Å². The Balaban J connectivity index is 2.18. The minimum absolute atomic E-state index is 0.131. The Bertz CT molecular complexity index is 652. The molecular formula is C20H28N2OS. The summed E-state index contributed by atoms with van der Waals surface area (Å²) in [6.45, 7) is 12.1. The van der Waals surface area contributed by atoms with Crippen LogP contribution in [0.2, 0.25) is 0 Å². The Morgan fingerprint density at radius 2 is 1.67 bits per heavy atom. The molecule has 0 spiro atoms. The molecule has 0 fully saturated rings. The van der Waals surface area contributed by atoms with Crippen LogP contribution in [0.1, 0.15) is 53.6 Å². The van der Waals surface area contributed by atoms with Crippen LogP contribution >= 0.6 is 11.3 Å². The van der Waals surface area contributed by atoms with E-state index in [-0.39, 0.29) is 5.91 Å². The van der Waals surface area contributed by atoms with E-state index in [2.05, 4.69) is 44.8 Å². The topological polar surface area (TPSA) is 33.2 Å². The standard InChI is InChI=1S/C20H28N2OS/c1-14(2)12-22(13-15(3)4)20(23)19-16(5)21-18(24-19)11-17-9-7-6-8-10-17/h6-10,14-15H,11-13H2,1-5H3. The summed E-state index contributed by atoms with van der Waals surface area (Å²) in [4.78, 5) is 20.4. The molecule has 0 atom stereocenters. The molecule has 1 aromatic carbocycles. The molecule has 0 aliphatic carbocycles. The summed E-state index contributed by atoms with van der Waals surface area (Å²) in [6, 6.07) is 10.3. The predicted octanol–water partition coefficient (Wildman–Crippen LogP) is 4.80. The van der Waals surface area contributed by atoms with Crippen LogP contribution in [0.5, 0.6) is 0 Å². The van der Waals surface area contributed by atoms with Crippen molar-refractivity contribution < 1.29 is 4.79 Å². The van der Waals surface area contributed by atoms with Gasteiger partial charge < -0.3 is 4.90 Å². The van der Waals surface area contributed by atoms with Crippen LogP contribution in [0.4, 0.5) is 0 Å². The van der Waals surface area contributed by atoms with E-state index in [1.807, 2.05) is 30.0 Å². The van der Waals surface area contributed by atoms with Crippen molar-refractivity contribution in [2.75, 3.05) is 13.1 Å².